The Morgan fingerprint density at radius 2 is 1.88 bits per heavy atom. The molecule has 0 aliphatic rings. The van der Waals surface area contributed by atoms with Crippen LogP contribution in [-0.2, 0) is 7.05 Å². The number of benzene rings is 1. The Kier molecular flexibility index (Phi) is 8.89. The molecule has 1 N–H and O–H groups in total. The van der Waals surface area contributed by atoms with Crippen LogP contribution in [0, 0.1) is 13.8 Å². The molecule has 0 amide bonds. The predicted octanol–water partition coefficient (Wildman–Crippen LogP) is 7.38. The highest BCUT2D eigenvalue weighted by Crippen LogP contribution is 2.39. The maximum atomic E-state index is 6.37. The average Bonchev–Trinajstić information content (AvgIpc) is 3.32. The van der Waals surface area contributed by atoms with Gasteiger partial charge in [0.25, 0.3) is 0 Å². The molecule has 0 aliphatic carbocycles. The molecule has 1 atom stereocenters. The lowest BCUT2D eigenvalue weighted by atomic mass is 10.0. The van der Waals surface area contributed by atoms with Crippen molar-refractivity contribution < 1.29 is 0 Å². The van der Waals surface area contributed by atoms with Gasteiger partial charge in [0.05, 0.1) is 29.6 Å². The zero-order valence-corrected chi connectivity index (χ0v) is 24.5. The van der Waals surface area contributed by atoms with Crippen molar-refractivity contribution >= 4 is 80.2 Å². The molecule has 7 nitrogen and oxygen atoms in total. The van der Waals surface area contributed by atoms with E-state index in [4.69, 9.17) is 16.6 Å². The highest BCUT2D eigenvalue weighted by molar-refractivity contribution is 14.2. The number of aryl methyl sites for hydroxylation is 2. The van der Waals surface area contributed by atoms with E-state index in [1.165, 1.54) is 0 Å². The molecule has 0 bridgehead atoms. The normalized spacial score (nSPS) is 11.2. The van der Waals surface area contributed by atoms with Gasteiger partial charge in [0, 0.05) is 37.7 Å². The summed E-state index contributed by atoms with van der Waals surface area (Å²) in [6, 6.07) is 8.21. The summed E-state index contributed by atoms with van der Waals surface area (Å²) in [6.07, 6.45) is 4.47. The Labute approximate surface area is 219 Å². The van der Waals surface area contributed by atoms with Gasteiger partial charge in [-0.25, -0.2) is 9.97 Å². The molecule has 3 aromatic heterocycles. The topological polar surface area (TPSA) is 63.8 Å². The van der Waals surface area contributed by atoms with Crippen LogP contribution in [0.2, 0.25) is 5.15 Å². The highest BCUT2D eigenvalue weighted by Gasteiger charge is 2.17. The van der Waals surface area contributed by atoms with Crippen molar-refractivity contribution in [1.82, 2.24) is 24.1 Å². The number of nitrogens with zero attached hydrogens (tertiary/aromatic N) is 6. The molecule has 0 fully saturated rings. The van der Waals surface area contributed by atoms with Gasteiger partial charge in [0.2, 0.25) is 0 Å². The Hall–Kier alpha value is -1.55. The number of halogens is 2. The van der Waals surface area contributed by atoms with Gasteiger partial charge in [-0.2, -0.15) is 5.10 Å². The maximum Gasteiger partial charge on any atom is 0.167 e. The average molecular weight is 616 g/mol. The quantitative estimate of drug-likeness (QED) is 0.106. The molecule has 0 aliphatic heterocycles. The number of aromatic nitrogens is 5. The Morgan fingerprint density at radius 3 is 2.48 bits per heavy atom. The van der Waals surface area contributed by atoms with Crippen molar-refractivity contribution in [3.05, 3.63) is 47.1 Å². The number of nitrogens with one attached hydrogen (secondary N) is 1. The first-order valence-electron chi connectivity index (χ1n) is 10.4. The molecule has 3 heterocycles. The third-order valence-electron chi connectivity index (χ3n) is 5.26. The molecule has 176 valence electrons. The van der Waals surface area contributed by atoms with E-state index in [9.17, 15) is 0 Å². The minimum Gasteiger partial charge on any atom is -0.352 e. The Morgan fingerprint density at radius 1 is 1.15 bits per heavy atom. The summed E-state index contributed by atoms with van der Waals surface area (Å²) in [4.78, 5) is 9.26. The second-order valence-corrected chi connectivity index (χ2v) is 10.4. The smallest absolute Gasteiger partial charge is 0.167 e. The van der Waals surface area contributed by atoms with Crippen LogP contribution in [0.3, 0.4) is 0 Å². The van der Waals surface area contributed by atoms with E-state index < -0.39 is 0 Å². The number of pyridine rings is 1. The van der Waals surface area contributed by atoms with Gasteiger partial charge in [0.15, 0.2) is 5.65 Å². The number of fused-ring (bicyclic) bond motifs is 1. The summed E-state index contributed by atoms with van der Waals surface area (Å²) >= 11 is 10.3. The van der Waals surface area contributed by atoms with Crippen LogP contribution in [0.1, 0.15) is 25.4 Å². The summed E-state index contributed by atoms with van der Waals surface area (Å²) in [7, 11) is 4.01. The summed E-state index contributed by atoms with van der Waals surface area (Å²) < 4.78 is 6.10. The van der Waals surface area contributed by atoms with E-state index in [0.717, 1.165) is 50.9 Å². The summed E-state index contributed by atoms with van der Waals surface area (Å²) in [5.41, 5.74) is 7.84. The molecule has 11 heteroatoms. The fourth-order valence-electron chi connectivity index (χ4n) is 3.41. The van der Waals surface area contributed by atoms with Crippen molar-refractivity contribution in [3.8, 4) is 11.1 Å². The van der Waals surface area contributed by atoms with Gasteiger partial charge < -0.3 is 9.62 Å². The fourth-order valence-corrected chi connectivity index (χ4v) is 6.09. The second-order valence-electron chi connectivity index (χ2n) is 7.05. The highest BCUT2D eigenvalue weighted by atomic mass is 127. The molecular formula is C22H28ClIN7PS. The molecule has 33 heavy (non-hydrogen) atoms. The van der Waals surface area contributed by atoms with Crippen LogP contribution >= 0.6 is 52.0 Å². The molecule has 0 spiro atoms. The third-order valence-corrected chi connectivity index (χ3v) is 8.35. The van der Waals surface area contributed by atoms with E-state index >= 15 is 0 Å². The molecular weight excluding hydrogens is 588 g/mol. The molecule has 1 aromatic carbocycles. The summed E-state index contributed by atoms with van der Waals surface area (Å²) in [6.45, 7) is 8.07. The van der Waals surface area contributed by atoms with Gasteiger partial charge in [-0.1, -0.05) is 43.5 Å². The van der Waals surface area contributed by atoms with Gasteiger partial charge in [-0.15, -0.1) is 0 Å². The van der Waals surface area contributed by atoms with Crippen LogP contribution in [0.5, 0.6) is 0 Å². The minimum atomic E-state index is 0.438. The number of hydrogen-bond acceptors (Lipinski definition) is 6. The zero-order chi connectivity index (χ0) is 24.3. The van der Waals surface area contributed by atoms with Crippen LogP contribution in [-0.4, -0.2) is 37.4 Å². The first-order chi connectivity index (χ1) is 15.8. The van der Waals surface area contributed by atoms with E-state index in [2.05, 4.69) is 84.5 Å². The predicted molar refractivity (Wildman–Crippen MR) is 155 cm³/mol. The van der Waals surface area contributed by atoms with Gasteiger partial charge in [-0.3, -0.25) is 9.02 Å². The first kappa shape index (κ1) is 26.1. The zero-order valence-electron chi connectivity index (χ0n) is 19.7. The van der Waals surface area contributed by atoms with Crippen LogP contribution in [0.15, 0.2) is 30.5 Å². The van der Waals surface area contributed by atoms with Gasteiger partial charge in [0.1, 0.15) is 16.5 Å². The second kappa shape index (κ2) is 11.3. The third kappa shape index (κ3) is 5.26. The number of rotatable bonds is 6. The summed E-state index contributed by atoms with van der Waals surface area (Å²) in [5, 5.41) is 8.39. The monoisotopic (exact) mass is 615 g/mol. The van der Waals surface area contributed by atoms with Crippen molar-refractivity contribution in [2.75, 3.05) is 22.9 Å². The first-order valence-corrected chi connectivity index (χ1v) is 16.1. The number of hydrogen-bond donors (Lipinski definition) is 1. The van der Waals surface area contributed by atoms with E-state index in [1.807, 2.05) is 44.8 Å². The van der Waals surface area contributed by atoms with E-state index in [1.54, 1.807) is 11.9 Å². The van der Waals surface area contributed by atoms with E-state index in [0.29, 0.717) is 11.5 Å². The van der Waals surface area contributed by atoms with Crippen molar-refractivity contribution in [2.24, 2.45) is 7.05 Å². The standard InChI is InChI=1S/C20H22ClIN7PS.C2H6/c1-11-14(10-23-27(11)3)13-6-7-15(17(8-13)28(4)31-5)25-16-9-18(21)26-20-19(16)24-12(2)29(20)30-22;1-2/h6-10,30H,1-5H3,(H,25,26);1-2H3. The molecule has 4 rings (SSSR count). The van der Waals surface area contributed by atoms with Crippen molar-refractivity contribution in [2.45, 2.75) is 27.7 Å². The molecule has 1 unspecified atom stereocenters. The largest absolute Gasteiger partial charge is 0.352 e. The lowest BCUT2D eigenvalue weighted by Gasteiger charge is -2.21. The SMILES string of the molecule is CC.CSN(C)c1cc(-c2cnn(C)c2C)ccc1Nc1cc(Cl)nc2c1nc(C)n2PI. The number of imidazole rings is 1. The van der Waals surface area contributed by atoms with Crippen LogP contribution < -0.4 is 9.62 Å². The Balaban J connectivity index is 0.00000149. The van der Waals surface area contributed by atoms with Gasteiger partial charge >= 0.3 is 0 Å². The lowest BCUT2D eigenvalue weighted by molar-refractivity contribution is 0.740. The maximum absolute atomic E-state index is 6.37. The molecule has 4 aromatic rings. The van der Waals surface area contributed by atoms with Gasteiger partial charge in [-0.05, 0) is 53.6 Å². The fraction of sp³-hybridized carbons (Fsp3) is 0.318. The number of anilines is 3. The molecule has 0 saturated carbocycles. The van der Waals surface area contributed by atoms with Crippen molar-refractivity contribution in [3.63, 3.8) is 0 Å². The molecule has 0 radical (unpaired) electrons. The van der Waals surface area contributed by atoms with Crippen molar-refractivity contribution in [1.29, 1.82) is 0 Å². The summed E-state index contributed by atoms with van der Waals surface area (Å²) in [5.74, 6) is 0.921. The Bertz CT molecular complexity index is 1270. The van der Waals surface area contributed by atoms with Crippen LogP contribution in [0.4, 0.5) is 17.1 Å². The lowest BCUT2D eigenvalue weighted by Crippen LogP contribution is -2.08. The van der Waals surface area contributed by atoms with E-state index in [-0.39, 0.29) is 0 Å². The van der Waals surface area contributed by atoms with Crippen LogP contribution in [0.25, 0.3) is 22.3 Å². The molecule has 0 saturated heterocycles. The minimum absolute atomic E-state index is 0.438.